The number of carbonyl (C=O) groups excluding carboxylic acids is 2. The van der Waals surface area contributed by atoms with Crippen LogP contribution < -0.4 is 16.2 Å². The lowest BCUT2D eigenvalue weighted by Gasteiger charge is -2.12. The fraction of sp³-hybridized carbons (Fsp3) is 0.316. The van der Waals surface area contributed by atoms with Crippen LogP contribution in [0.15, 0.2) is 29.3 Å². The van der Waals surface area contributed by atoms with Crippen molar-refractivity contribution >= 4 is 50.8 Å². The lowest BCUT2D eigenvalue weighted by molar-refractivity contribution is -0.123. The number of aromatic nitrogens is 3. The summed E-state index contributed by atoms with van der Waals surface area (Å²) in [5.74, 6) is 0.325. The molecule has 0 saturated heterocycles. The Morgan fingerprint density at radius 1 is 1.34 bits per heavy atom. The Morgan fingerprint density at radius 3 is 2.86 bits per heavy atom. The third-order valence-electron chi connectivity index (χ3n) is 4.30. The summed E-state index contributed by atoms with van der Waals surface area (Å²) >= 11 is 2.83. The van der Waals surface area contributed by atoms with Gasteiger partial charge in [0.15, 0.2) is 0 Å². The zero-order valence-electron chi connectivity index (χ0n) is 16.2. The second-order valence-corrected chi connectivity index (χ2v) is 8.97. The zero-order chi connectivity index (χ0) is 21.0. The normalized spacial score (nSPS) is 12.0. The van der Waals surface area contributed by atoms with Crippen molar-refractivity contribution in [1.29, 1.82) is 0 Å². The van der Waals surface area contributed by atoms with Crippen molar-refractivity contribution in [3.63, 3.8) is 0 Å². The molecule has 0 radical (unpaired) electrons. The fourth-order valence-corrected chi connectivity index (χ4v) is 4.43. The standard InChI is InChI=1S/C19H21N5O3S2/c1-10-11(2)29-19-16(10)18(27)23-14(24-19)9-28-12(3)17(26)21-8-15(25)22-13-5-4-6-20-7-13/h4-7,12H,8-9H2,1-3H3,(H,21,26)(H,22,25)(H,23,24,27). The van der Waals surface area contributed by atoms with Gasteiger partial charge < -0.3 is 15.6 Å². The number of pyridine rings is 1. The summed E-state index contributed by atoms with van der Waals surface area (Å²) in [6.45, 7) is 5.49. The van der Waals surface area contributed by atoms with Gasteiger partial charge in [-0.05, 0) is 38.5 Å². The minimum atomic E-state index is -0.408. The van der Waals surface area contributed by atoms with Gasteiger partial charge in [-0.1, -0.05) is 0 Å². The minimum absolute atomic E-state index is 0.132. The largest absolute Gasteiger partial charge is 0.346 e. The highest BCUT2D eigenvalue weighted by Gasteiger charge is 2.17. The molecule has 2 amide bonds. The Labute approximate surface area is 175 Å². The number of nitrogens with zero attached hydrogens (tertiary/aromatic N) is 2. The Hall–Kier alpha value is -2.72. The van der Waals surface area contributed by atoms with Gasteiger partial charge in [0, 0.05) is 11.1 Å². The summed E-state index contributed by atoms with van der Waals surface area (Å²) in [7, 11) is 0. The van der Waals surface area contributed by atoms with E-state index in [-0.39, 0.29) is 23.9 Å². The van der Waals surface area contributed by atoms with Gasteiger partial charge in [0.1, 0.15) is 10.7 Å². The predicted molar refractivity (Wildman–Crippen MR) is 116 cm³/mol. The molecule has 3 aromatic rings. The summed E-state index contributed by atoms with van der Waals surface area (Å²) < 4.78 is 0. The maximum Gasteiger partial charge on any atom is 0.259 e. The van der Waals surface area contributed by atoms with E-state index in [2.05, 4.69) is 25.6 Å². The molecule has 0 aliphatic carbocycles. The number of nitrogens with one attached hydrogen (secondary N) is 3. The van der Waals surface area contributed by atoms with Crippen LogP contribution in [0.3, 0.4) is 0 Å². The molecule has 0 aliphatic rings. The zero-order valence-corrected chi connectivity index (χ0v) is 17.9. The highest BCUT2D eigenvalue weighted by molar-refractivity contribution is 7.99. The molecule has 0 aromatic carbocycles. The van der Waals surface area contributed by atoms with Gasteiger partial charge in [0.2, 0.25) is 11.8 Å². The summed E-state index contributed by atoms with van der Waals surface area (Å²) in [5.41, 5.74) is 1.37. The van der Waals surface area contributed by atoms with Crippen molar-refractivity contribution in [2.75, 3.05) is 11.9 Å². The molecule has 0 saturated carbocycles. The van der Waals surface area contributed by atoms with E-state index in [9.17, 15) is 14.4 Å². The molecule has 10 heteroatoms. The molecular weight excluding hydrogens is 410 g/mol. The van der Waals surface area contributed by atoms with Crippen molar-refractivity contribution in [1.82, 2.24) is 20.3 Å². The fourth-order valence-electron chi connectivity index (χ4n) is 2.60. The van der Waals surface area contributed by atoms with Gasteiger partial charge in [0.05, 0.1) is 34.8 Å². The van der Waals surface area contributed by atoms with E-state index < -0.39 is 5.25 Å². The SMILES string of the molecule is Cc1sc2nc(CSC(C)C(=O)NCC(=O)Nc3cccnc3)[nH]c(=O)c2c1C. The third kappa shape index (κ3) is 5.21. The van der Waals surface area contributed by atoms with Crippen LogP contribution in [-0.4, -0.2) is 38.6 Å². The van der Waals surface area contributed by atoms with E-state index in [1.807, 2.05) is 13.8 Å². The van der Waals surface area contributed by atoms with Crippen LogP contribution in [0.2, 0.25) is 0 Å². The van der Waals surface area contributed by atoms with E-state index in [1.165, 1.54) is 29.3 Å². The Morgan fingerprint density at radius 2 is 2.14 bits per heavy atom. The van der Waals surface area contributed by atoms with E-state index in [1.54, 1.807) is 25.3 Å². The van der Waals surface area contributed by atoms with Gasteiger partial charge in [-0.15, -0.1) is 23.1 Å². The molecule has 1 unspecified atom stereocenters. The van der Waals surface area contributed by atoms with Crippen LogP contribution in [0.4, 0.5) is 5.69 Å². The minimum Gasteiger partial charge on any atom is -0.346 e. The predicted octanol–water partition coefficient (Wildman–Crippen LogP) is 2.37. The number of thiophene rings is 1. The van der Waals surface area contributed by atoms with Crippen molar-refractivity contribution in [3.05, 3.63) is 51.1 Å². The topological polar surface area (TPSA) is 117 Å². The molecule has 3 aromatic heterocycles. The lowest BCUT2D eigenvalue weighted by Crippen LogP contribution is -2.37. The molecule has 1 atom stereocenters. The molecule has 3 heterocycles. The first kappa shape index (κ1) is 21.0. The molecule has 152 valence electrons. The summed E-state index contributed by atoms with van der Waals surface area (Å²) in [5, 5.41) is 5.48. The van der Waals surface area contributed by atoms with Crippen LogP contribution in [-0.2, 0) is 15.3 Å². The van der Waals surface area contributed by atoms with Crippen LogP contribution in [0, 0.1) is 13.8 Å². The maximum atomic E-state index is 12.3. The van der Waals surface area contributed by atoms with E-state index >= 15 is 0 Å². The number of aryl methyl sites for hydroxylation is 2. The number of H-pyrrole nitrogens is 1. The monoisotopic (exact) mass is 431 g/mol. The van der Waals surface area contributed by atoms with Crippen LogP contribution >= 0.6 is 23.1 Å². The highest BCUT2D eigenvalue weighted by atomic mass is 32.2. The second kappa shape index (κ2) is 9.19. The average molecular weight is 432 g/mol. The third-order valence-corrected chi connectivity index (χ3v) is 6.55. The number of carbonyl (C=O) groups is 2. The van der Waals surface area contributed by atoms with Crippen LogP contribution in [0.25, 0.3) is 10.2 Å². The molecule has 29 heavy (non-hydrogen) atoms. The number of aromatic amines is 1. The first-order valence-electron chi connectivity index (χ1n) is 8.93. The van der Waals surface area contributed by atoms with Crippen molar-refractivity contribution in [3.8, 4) is 0 Å². The molecule has 0 bridgehead atoms. The number of rotatable bonds is 7. The molecular formula is C19H21N5O3S2. The van der Waals surface area contributed by atoms with Gasteiger partial charge in [-0.3, -0.25) is 19.4 Å². The van der Waals surface area contributed by atoms with E-state index in [0.29, 0.717) is 27.5 Å². The molecule has 3 N–H and O–H groups in total. The molecule has 8 nitrogen and oxygen atoms in total. The number of hydrogen-bond acceptors (Lipinski definition) is 7. The maximum absolute atomic E-state index is 12.3. The number of anilines is 1. The van der Waals surface area contributed by atoms with Crippen LogP contribution in [0.1, 0.15) is 23.2 Å². The summed E-state index contributed by atoms with van der Waals surface area (Å²) in [6.07, 6.45) is 3.14. The Balaban J connectivity index is 1.51. The second-order valence-electron chi connectivity index (χ2n) is 6.44. The van der Waals surface area contributed by atoms with E-state index in [0.717, 1.165) is 10.4 Å². The van der Waals surface area contributed by atoms with Gasteiger partial charge in [-0.2, -0.15) is 0 Å². The first-order valence-corrected chi connectivity index (χ1v) is 10.8. The van der Waals surface area contributed by atoms with Gasteiger partial charge >= 0.3 is 0 Å². The smallest absolute Gasteiger partial charge is 0.259 e. The Kier molecular flexibility index (Phi) is 6.65. The Bertz CT molecular complexity index is 1090. The van der Waals surface area contributed by atoms with Crippen molar-refractivity contribution < 1.29 is 9.59 Å². The number of hydrogen-bond donors (Lipinski definition) is 3. The number of thioether (sulfide) groups is 1. The molecule has 0 spiro atoms. The van der Waals surface area contributed by atoms with Crippen molar-refractivity contribution in [2.45, 2.75) is 31.8 Å². The number of fused-ring (bicyclic) bond motifs is 1. The van der Waals surface area contributed by atoms with Crippen LogP contribution in [0.5, 0.6) is 0 Å². The molecule has 0 fully saturated rings. The quantitative estimate of drug-likeness (QED) is 0.529. The summed E-state index contributed by atoms with van der Waals surface area (Å²) in [4.78, 5) is 49.4. The van der Waals surface area contributed by atoms with Gasteiger partial charge in [-0.25, -0.2) is 4.98 Å². The highest BCUT2D eigenvalue weighted by Crippen LogP contribution is 2.26. The van der Waals surface area contributed by atoms with Crippen molar-refractivity contribution in [2.24, 2.45) is 0 Å². The molecule has 3 rings (SSSR count). The van der Waals surface area contributed by atoms with E-state index in [4.69, 9.17) is 0 Å². The lowest BCUT2D eigenvalue weighted by atomic mass is 10.2. The number of amides is 2. The average Bonchev–Trinajstić information content (AvgIpc) is 2.99. The summed E-state index contributed by atoms with van der Waals surface area (Å²) in [6, 6.07) is 3.42. The molecule has 0 aliphatic heterocycles. The van der Waals surface area contributed by atoms with Gasteiger partial charge in [0.25, 0.3) is 5.56 Å². The first-order chi connectivity index (χ1) is 13.8.